The topological polar surface area (TPSA) is 29.0 Å². The molecule has 0 N–H and O–H groups in total. The molecule has 76 valence electrons. The third-order valence-electron chi connectivity index (χ3n) is 2.05. The van der Waals surface area contributed by atoms with E-state index in [0.717, 1.165) is 5.82 Å². The third-order valence-corrected chi connectivity index (χ3v) is 2.34. The smallest absolute Gasteiger partial charge is 0.152 e. The summed E-state index contributed by atoms with van der Waals surface area (Å²) in [6, 6.07) is 9.32. The van der Waals surface area contributed by atoms with E-state index in [4.69, 9.17) is 11.6 Å². The molecule has 2 aromatic heterocycles. The van der Waals surface area contributed by atoms with Gasteiger partial charge >= 0.3 is 0 Å². The maximum atomic E-state index is 6.04. The number of hydrogen-bond donors (Lipinski definition) is 0. The van der Waals surface area contributed by atoms with E-state index in [0.29, 0.717) is 10.8 Å². The van der Waals surface area contributed by atoms with Crippen LogP contribution in [-0.4, -0.2) is 17.0 Å². The van der Waals surface area contributed by atoms with Crippen LogP contribution in [0.1, 0.15) is 0 Å². The van der Waals surface area contributed by atoms with Gasteiger partial charge < -0.3 is 4.90 Å². The first-order valence-electron chi connectivity index (χ1n) is 4.54. The normalized spacial score (nSPS) is 10.0. The first kappa shape index (κ1) is 9.93. The van der Waals surface area contributed by atoms with Gasteiger partial charge in [0.1, 0.15) is 5.82 Å². The predicted molar refractivity (Wildman–Crippen MR) is 61.5 cm³/mol. The second-order valence-electron chi connectivity index (χ2n) is 3.06. The van der Waals surface area contributed by atoms with Crippen molar-refractivity contribution in [1.29, 1.82) is 0 Å². The lowest BCUT2D eigenvalue weighted by atomic mass is 10.4. The summed E-state index contributed by atoms with van der Waals surface area (Å²) in [7, 11) is 1.89. The zero-order chi connectivity index (χ0) is 10.7. The van der Waals surface area contributed by atoms with E-state index in [-0.39, 0.29) is 0 Å². The molecule has 2 heterocycles. The first-order chi connectivity index (χ1) is 7.29. The van der Waals surface area contributed by atoms with Crippen LogP contribution in [0.3, 0.4) is 0 Å². The van der Waals surface area contributed by atoms with Crippen LogP contribution < -0.4 is 4.90 Å². The van der Waals surface area contributed by atoms with Crippen LogP contribution in [0.15, 0.2) is 42.7 Å². The Bertz CT molecular complexity index is 445. The molecule has 0 radical (unpaired) electrons. The lowest BCUT2D eigenvalue weighted by molar-refractivity contribution is 1.08. The van der Waals surface area contributed by atoms with E-state index >= 15 is 0 Å². The number of aromatic nitrogens is 2. The van der Waals surface area contributed by atoms with Crippen LogP contribution in [0.2, 0.25) is 5.02 Å². The highest BCUT2D eigenvalue weighted by atomic mass is 35.5. The molecule has 3 nitrogen and oxygen atoms in total. The Balaban J connectivity index is 2.37. The Hall–Kier alpha value is -1.61. The standard InChI is InChI=1S/C11H10ClN3/c1-15(10-6-2-3-7-13-10)11-9(12)5-4-8-14-11/h2-8H,1H3. The molecular formula is C11H10ClN3. The van der Waals surface area contributed by atoms with Gasteiger partial charge in [0.2, 0.25) is 0 Å². The highest BCUT2D eigenvalue weighted by Crippen LogP contribution is 2.25. The van der Waals surface area contributed by atoms with Crippen LogP contribution in [0.5, 0.6) is 0 Å². The molecule has 0 bridgehead atoms. The van der Waals surface area contributed by atoms with Crippen molar-refractivity contribution in [2.45, 2.75) is 0 Å². The molecule has 4 heteroatoms. The zero-order valence-electron chi connectivity index (χ0n) is 8.26. The molecule has 2 rings (SSSR count). The summed E-state index contributed by atoms with van der Waals surface area (Å²) in [5.41, 5.74) is 0. The van der Waals surface area contributed by atoms with Gasteiger partial charge in [-0.3, -0.25) is 0 Å². The number of hydrogen-bond acceptors (Lipinski definition) is 3. The molecule has 0 spiro atoms. The largest absolute Gasteiger partial charge is 0.313 e. The number of halogens is 1. The lowest BCUT2D eigenvalue weighted by Gasteiger charge is -2.17. The fraction of sp³-hybridized carbons (Fsp3) is 0.0909. The van der Waals surface area contributed by atoms with Crippen LogP contribution in [-0.2, 0) is 0 Å². The number of rotatable bonds is 2. The molecule has 0 aromatic carbocycles. The second-order valence-corrected chi connectivity index (χ2v) is 3.46. The van der Waals surface area contributed by atoms with Gasteiger partial charge in [-0.1, -0.05) is 17.7 Å². The predicted octanol–water partition coefficient (Wildman–Crippen LogP) is 2.90. The van der Waals surface area contributed by atoms with Gasteiger partial charge in [0.05, 0.1) is 5.02 Å². The Morgan fingerprint density at radius 1 is 1.07 bits per heavy atom. The van der Waals surface area contributed by atoms with Crippen molar-refractivity contribution in [2.75, 3.05) is 11.9 Å². The molecule has 0 unspecified atom stereocenters. The molecule has 0 aliphatic rings. The van der Waals surface area contributed by atoms with Gasteiger partial charge in [-0.05, 0) is 24.3 Å². The van der Waals surface area contributed by atoms with Crippen molar-refractivity contribution in [3.05, 3.63) is 47.7 Å². The van der Waals surface area contributed by atoms with Crippen LogP contribution in [0.25, 0.3) is 0 Å². The lowest BCUT2D eigenvalue weighted by Crippen LogP contribution is -2.12. The molecule has 0 saturated carbocycles. The van der Waals surface area contributed by atoms with Gasteiger partial charge in [-0.2, -0.15) is 0 Å². The fourth-order valence-electron chi connectivity index (χ4n) is 1.28. The summed E-state index contributed by atoms with van der Waals surface area (Å²) in [4.78, 5) is 10.3. The van der Waals surface area contributed by atoms with Gasteiger partial charge in [-0.25, -0.2) is 9.97 Å². The van der Waals surface area contributed by atoms with E-state index in [1.807, 2.05) is 36.2 Å². The number of nitrogens with zero attached hydrogens (tertiary/aromatic N) is 3. The summed E-state index contributed by atoms with van der Waals surface area (Å²) < 4.78 is 0. The first-order valence-corrected chi connectivity index (χ1v) is 4.92. The maximum absolute atomic E-state index is 6.04. The van der Waals surface area contributed by atoms with Gasteiger partial charge in [0.15, 0.2) is 5.82 Å². The summed E-state index contributed by atoms with van der Waals surface area (Å²) in [6.07, 6.45) is 3.45. The van der Waals surface area contributed by atoms with Crippen LogP contribution in [0.4, 0.5) is 11.6 Å². The van der Waals surface area contributed by atoms with E-state index in [1.54, 1.807) is 18.5 Å². The Labute approximate surface area is 93.4 Å². The van der Waals surface area contributed by atoms with Crippen molar-refractivity contribution in [2.24, 2.45) is 0 Å². The molecule has 0 atom stereocenters. The van der Waals surface area contributed by atoms with E-state index in [9.17, 15) is 0 Å². The summed E-state index contributed by atoms with van der Waals surface area (Å²) in [5, 5.41) is 0.616. The van der Waals surface area contributed by atoms with E-state index in [2.05, 4.69) is 9.97 Å². The molecule has 0 aliphatic carbocycles. The average molecular weight is 220 g/mol. The minimum absolute atomic E-state index is 0.616. The van der Waals surface area contributed by atoms with Gasteiger partial charge in [-0.15, -0.1) is 0 Å². The minimum Gasteiger partial charge on any atom is -0.313 e. The minimum atomic E-state index is 0.616. The van der Waals surface area contributed by atoms with Crippen molar-refractivity contribution < 1.29 is 0 Å². The summed E-state index contributed by atoms with van der Waals surface area (Å²) in [5.74, 6) is 1.52. The van der Waals surface area contributed by atoms with Crippen molar-refractivity contribution in [1.82, 2.24) is 9.97 Å². The summed E-state index contributed by atoms with van der Waals surface area (Å²) in [6.45, 7) is 0. The highest BCUT2D eigenvalue weighted by molar-refractivity contribution is 6.33. The van der Waals surface area contributed by atoms with E-state index < -0.39 is 0 Å². The molecule has 0 amide bonds. The van der Waals surface area contributed by atoms with E-state index in [1.165, 1.54) is 0 Å². The monoisotopic (exact) mass is 219 g/mol. The fourth-order valence-corrected chi connectivity index (χ4v) is 1.53. The molecule has 2 aromatic rings. The Kier molecular flexibility index (Phi) is 2.83. The maximum Gasteiger partial charge on any atom is 0.152 e. The Morgan fingerprint density at radius 3 is 2.53 bits per heavy atom. The SMILES string of the molecule is CN(c1ccccn1)c1ncccc1Cl. The molecular weight excluding hydrogens is 210 g/mol. The zero-order valence-corrected chi connectivity index (χ0v) is 9.02. The van der Waals surface area contributed by atoms with Gasteiger partial charge in [0, 0.05) is 19.4 Å². The summed E-state index contributed by atoms with van der Waals surface area (Å²) >= 11 is 6.04. The Morgan fingerprint density at radius 2 is 1.87 bits per heavy atom. The number of pyridine rings is 2. The highest BCUT2D eigenvalue weighted by Gasteiger charge is 2.08. The molecule has 0 aliphatic heterocycles. The second kappa shape index (κ2) is 4.28. The van der Waals surface area contributed by atoms with Crippen molar-refractivity contribution >= 4 is 23.2 Å². The van der Waals surface area contributed by atoms with Crippen molar-refractivity contribution in [3.8, 4) is 0 Å². The average Bonchev–Trinajstić information content (AvgIpc) is 2.30. The van der Waals surface area contributed by atoms with Crippen molar-refractivity contribution in [3.63, 3.8) is 0 Å². The molecule has 15 heavy (non-hydrogen) atoms. The van der Waals surface area contributed by atoms with Crippen LogP contribution in [0, 0.1) is 0 Å². The van der Waals surface area contributed by atoms with Crippen LogP contribution >= 0.6 is 11.6 Å². The van der Waals surface area contributed by atoms with Gasteiger partial charge in [0.25, 0.3) is 0 Å². The quantitative estimate of drug-likeness (QED) is 0.778. The molecule has 0 saturated heterocycles. The third kappa shape index (κ3) is 2.07. The number of anilines is 2. The molecule has 0 fully saturated rings.